The largest absolute Gasteiger partial charge is 0.478 e. The molecular formula is C29H29ClN4O3. The highest BCUT2D eigenvalue weighted by Crippen LogP contribution is 2.26. The molecule has 0 fully saturated rings. The molecule has 1 heterocycles. The molecule has 0 aliphatic rings. The molecule has 190 valence electrons. The lowest BCUT2D eigenvalue weighted by atomic mass is 9.98. The molecule has 0 aliphatic heterocycles. The summed E-state index contributed by atoms with van der Waals surface area (Å²) in [7, 11) is 1.91. The van der Waals surface area contributed by atoms with Crippen molar-refractivity contribution in [3.05, 3.63) is 89.7 Å². The van der Waals surface area contributed by atoms with Gasteiger partial charge in [0.25, 0.3) is 5.91 Å². The van der Waals surface area contributed by atoms with Crippen molar-refractivity contribution in [1.29, 1.82) is 5.41 Å². The lowest BCUT2D eigenvalue weighted by Crippen LogP contribution is -2.31. The van der Waals surface area contributed by atoms with Gasteiger partial charge in [-0.05, 0) is 54.7 Å². The van der Waals surface area contributed by atoms with Crippen molar-refractivity contribution in [3.63, 3.8) is 0 Å². The summed E-state index contributed by atoms with van der Waals surface area (Å²) in [4.78, 5) is 30.3. The zero-order chi connectivity index (χ0) is 26.4. The Kier molecular flexibility index (Phi) is 8.36. The summed E-state index contributed by atoms with van der Waals surface area (Å²) in [5.41, 5.74) is 3.88. The predicted octanol–water partition coefficient (Wildman–Crippen LogP) is 6.23. The van der Waals surface area contributed by atoms with Crippen LogP contribution < -0.4 is 5.32 Å². The Bertz CT molecular complexity index is 1430. The topological polar surface area (TPSA) is 108 Å². The molecule has 37 heavy (non-hydrogen) atoms. The molecule has 4 aromatic rings. The fraction of sp³-hybridized carbons (Fsp3) is 0.241. The van der Waals surface area contributed by atoms with Crippen molar-refractivity contribution in [2.45, 2.75) is 31.7 Å². The minimum atomic E-state index is -1.17. The number of para-hydroxylation sites is 2. The molecule has 0 unspecified atom stereocenters. The van der Waals surface area contributed by atoms with Crippen molar-refractivity contribution < 1.29 is 14.7 Å². The van der Waals surface area contributed by atoms with Crippen molar-refractivity contribution in [2.24, 2.45) is 7.05 Å². The summed E-state index contributed by atoms with van der Waals surface area (Å²) >= 11 is 5.74. The third kappa shape index (κ3) is 6.06. The lowest BCUT2D eigenvalue weighted by Gasteiger charge is -2.20. The van der Waals surface area contributed by atoms with E-state index in [2.05, 4.69) is 5.32 Å². The van der Waals surface area contributed by atoms with E-state index in [4.69, 9.17) is 22.0 Å². The van der Waals surface area contributed by atoms with Gasteiger partial charge in [-0.3, -0.25) is 4.79 Å². The molecule has 0 aliphatic carbocycles. The third-order valence-corrected chi connectivity index (χ3v) is 6.75. The summed E-state index contributed by atoms with van der Waals surface area (Å²) in [6.07, 6.45) is 2.68. The Morgan fingerprint density at radius 1 is 1.00 bits per heavy atom. The fourth-order valence-electron chi connectivity index (χ4n) is 4.46. The predicted molar refractivity (Wildman–Crippen MR) is 147 cm³/mol. The Labute approximate surface area is 220 Å². The number of aromatic nitrogens is 2. The van der Waals surface area contributed by atoms with E-state index in [1.165, 1.54) is 6.07 Å². The van der Waals surface area contributed by atoms with Gasteiger partial charge in [-0.25, -0.2) is 9.78 Å². The van der Waals surface area contributed by atoms with Crippen LogP contribution in [0, 0.1) is 5.41 Å². The number of nitrogens with one attached hydrogen (secondary N) is 2. The first-order chi connectivity index (χ1) is 17.9. The van der Waals surface area contributed by atoms with Crippen LogP contribution in [0.15, 0.2) is 72.8 Å². The highest BCUT2D eigenvalue weighted by molar-refractivity contribution is 6.28. The molecule has 8 heteroatoms. The normalized spacial score (nSPS) is 11.8. The smallest absolute Gasteiger partial charge is 0.336 e. The van der Waals surface area contributed by atoms with Crippen molar-refractivity contribution in [3.8, 4) is 11.1 Å². The van der Waals surface area contributed by atoms with Crippen LogP contribution in [0.25, 0.3) is 22.2 Å². The minimum absolute atomic E-state index is 0.0573. The Morgan fingerprint density at radius 3 is 2.43 bits per heavy atom. The molecule has 1 amide bonds. The van der Waals surface area contributed by atoms with Gasteiger partial charge in [0, 0.05) is 12.8 Å². The highest BCUT2D eigenvalue weighted by atomic mass is 35.5. The van der Waals surface area contributed by atoms with Crippen molar-refractivity contribution >= 4 is 40.2 Å². The maximum atomic E-state index is 13.5. The average molecular weight is 517 g/mol. The number of imidazole rings is 1. The Hall–Kier alpha value is -3.97. The van der Waals surface area contributed by atoms with Crippen LogP contribution >= 0.6 is 11.6 Å². The monoisotopic (exact) mass is 516 g/mol. The standard InChI is InChI=1S/C29H29ClN4O3/c1-34-26-14-8-7-12-24(26)32-27(34)25(13-6-5-11-21(31)18-30)33-28(35)22-16-15-20(17-23(22)29(36)37)19-9-3-2-4-10-19/h2-4,7-10,12,14-17,25,31H,5-6,11,13,18H2,1H3,(H,33,35)(H,36,37)/t25-/m0/s1. The molecule has 7 nitrogen and oxygen atoms in total. The van der Waals surface area contributed by atoms with Gasteiger partial charge in [-0.2, -0.15) is 0 Å². The zero-order valence-electron chi connectivity index (χ0n) is 20.6. The van der Waals surface area contributed by atoms with Crippen LogP contribution in [0.4, 0.5) is 0 Å². The second-order valence-electron chi connectivity index (χ2n) is 8.96. The van der Waals surface area contributed by atoms with Gasteiger partial charge >= 0.3 is 5.97 Å². The molecule has 1 aromatic heterocycles. The van der Waals surface area contributed by atoms with Gasteiger partial charge in [0.15, 0.2) is 0 Å². The number of rotatable bonds is 11. The average Bonchev–Trinajstić information content (AvgIpc) is 3.26. The van der Waals surface area contributed by atoms with E-state index in [1.54, 1.807) is 12.1 Å². The number of halogens is 1. The number of carbonyl (C=O) groups is 2. The van der Waals surface area contributed by atoms with E-state index >= 15 is 0 Å². The second kappa shape index (κ2) is 11.8. The van der Waals surface area contributed by atoms with Crippen LogP contribution in [-0.2, 0) is 7.05 Å². The van der Waals surface area contributed by atoms with Crippen LogP contribution in [0.3, 0.4) is 0 Å². The molecule has 3 N–H and O–H groups in total. The van der Waals surface area contributed by atoms with Crippen LogP contribution in [0.1, 0.15) is 58.3 Å². The molecule has 0 saturated carbocycles. The number of hydrogen-bond donors (Lipinski definition) is 3. The summed E-state index contributed by atoms with van der Waals surface area (Å²) < 4.78 is 1.96. The van der Waals surface area contributed by atoms with Gasteiger partial charge in [0.1, 0.15) is 5.82 Å². The molecule has 0 saturated heterocycles. The van der Waals surface area contributed by atoms with E-state index in [1.807, 2.05) is 66.2 Å². The minimum Gasteiger partial charge on any atom is -0.478 e. The Morgan fingerprint density at radius 2 is 1.73 bits per heavy atom. The quantitative estimate of drug-likeness (QED) is 0.125. The fourth-order valence-corrected chi connectivity index (χ4v) is 4.59. The molecule has 4 rings (SSSR count). The maximum absolute atomic E-state index is 13.5. The summed E-state index contributed by atoms with van der Waals surface area (Å²) in [5, 5.41) is 20.7. The number of amides is 1. The maximum Gasteiger partial charge on any atom is 0.336 e. The number of hydrogen-bond acceptors (Lipinski definition) is 4. The number of benzene rings is 3. The van der Waals surface area contributed by atoms with E-state index in [-0.39, 0.29) is 17.0 Å². The van der Waals surface area contributed by atoms with Gasteiger partial charge in [-0.1, -0.05) is 55.0 Å². The summed E-state index contributed by atoms with van der Waals surface area (Å²) in [6, 6.07) is 21.6. The molecule has 3 aromatic carbocycles. The number of nitrogens with zero attached hydrogens (tertiary/aromatic N) is 2. The van der Waals surface area contributed by atoms with Gasteiger partial charge in [-0.15, -0.1) is 11.6 Å². The number of carboxylic acids is 1. The van der Waals surface area contributed by atoms with Crippen LogP contribution in [0.2, 0.25) is 0 Å². The first kappa shape index (κ1) is 26.1. The number of fused-ring (bicyclic) bond motifs is 1. The third-order valence-electron chi connectivity index (χ3n) is 6.42. The lowest BCUT2D eigenvalue weighted by molar-refractivity contribution is 0.0690. The highest BCUT2D eigenvalue weighted by Gasteiger charge is 2.24. The summed E-state index contributed by atoms with van der Waals surface area (Å²) in [5.74, 6) is -0.730. The van der Waals surface area contributed by atoms with E-state index in [0.29, 0.717) is 24.4 Å². The van der Waals surface area contributed by atoms with Crippen LogP contribution in [-0.4, -0.2) is 38.1 Å². The van der Waals surface area contributed by atoms with Gasteiger partial charge in [0.05, 0.1) is 34.1 Å². The first-order valence-electron chi connectivity index (χ1n) is 12.2. The number of carbonyl (C=O) groups excluding carboxylic acids is 1. The van der Waals surface area contributed by atoms with E-state index in [0.717, 1.165) is 35.0 Å². The molecule has 0 radical (unpaired) electrons. The van der Waals surface area contributed by atoms with Crippen LogP contribution in [0.5, 0.6) is 0 Å². The van der Waals surface area contributed by atoms with E-state index in [9.17, 15) is 14.7 Å². The second-order valence-corrected chi connectivity index (χ2v) is 9.23. The molecular weight excluding hydrogens is 488 g/mol. The van der Waals surface area contributed by atoms with Gasteiger partial charge in [0.2, 0.25) is 0 Å². The molecule has 0 bridgehead atoms. The number of aromatic carboxylic acids is 1. The SMILES string of the molecule is Cn1c([C@H](CCCCC(=N)CCl)NC(=O)c2ccc(-c3ccccc3)cc2C(=O)O)nc2ccccc21. The summed E-state index contributed by atoms with van der Waals surface area (Å²) in [6.45, 7) is 0. The Balaban J connectivity index is 1.63. The van der Waals surface area contributed by atoms with Gasteiger partial charge < -0.3 is 20.4 Å². The number of carboxylic acid groups (broad SMARTS) is 1. The van der Waals surface area contributed by atoms with E-state index < -0.39 is 17.9 Å². The first-order valence-corrected chi connectivity index (χ1v) is 12.7. The van der Waals surface area contributed by atoms with Crippen molar-refractivity contribution in [1.82, 2.24) is 14.9 Å². The van der Waals surface area contributed by atoms with Crippen molar-refractivity contribution in [2.75, 3.05) is 5.88 Å². The number of alkyl halides is 1. The number of unbranched alkanes of at least 4 members (excludes halogenated alkanes) is 1. The zero-order valence-corrected chi connectivity index (χ0v) is 21.3. The molecule has 0 spiro atoms. The number of aryl methyl sites for hydroxylation is 1. The molecule has 1 atom stereocenters.